The standard InChI is InChI=1S/C17H27N3O2.2ClH/c1-18-8-5-17(22)19-16-4-2-3-15(11-16)12-20-9-6-14(13-21)7-10-20;;/h2-4,11,14,18,21H,5-10,12-13H2,1H3,(H,19,22);2*1H. The zero-order valence-electron chi connectivity index (χ0n) is 14.2. The van der Waals surface area contributed by atoms with Crippen LogP contribution in [-0.2, 0) is 11.3 Å². The molecule has 24 heavy (non-hydrogen) atoms. The van der Waals surface area contributed by atoms with E-state index in [-0.39, 0.29) is 30.7 Å². The Balaban J connectivity index is 0.00000264. The second-order valence-corrected chi connectivity index (χ2v) is 6.00. The Hall–Kier alpha value is -0.850. The van der Waals surface area contributed by atoms with Gasteiger partial charge in [-0.25, -0.2) is 0 Å². The number of hydrogen-bond acceptors (Lipinski definition) is 4. The second kappa shape index (κ2) is 12.5. The number of carbonyl (C=O) groups is 1. The average molecular weight is 378 g/mol. The summed E-state index contributed by atoms with van der Waals surface area (Å²) >= 11 is 0. The van der Waals surface area contributed by atoms with Gasteiger partial charge in [-0.1, -0.05) is 12.1 Å². The van der Waals surface area contributed by atoms with Crippen molar-refractivity contribution in [1.82, 2.24) is 10.2 Å². The van der Waals surface area contributed by atoms with Gasteiger partial charge in [0.2, 0.25) is 5.91 Å². The molecule has 1 fully saturated rings. The van der Waals surface area contributed by atoms with Crippen molar-refractivity contribution in [2.45, 2.75) is 25.8 Å². The van der Waals surface area contributed by atoms with E-state index >= 15 is 0 Å². The number of nitrogens with zero attached hydrogens (tertiary/aromatic N) is 1. The van der Waals surface area contributed by atoms with Gasteiger partial charge >= 0.3 is 0 Å². The third-order valence-corrected chi connectivity index (χ3v) is 4.18. The summed E-state index contributed by atoms with van der Waals surface area (Å²) in [6.07, 6.45) is 2.61. The van der Waals surface area contributed by atoms with Crippen LogP contribution in [-0.4, -0.2) is 49.2 Å². The number of nitrogens with one attached hydrogen (secondary N) is 2. The molecule has 5 nitrogen and oxygen atoms in total. The number of carbonyl (C=O) groups excluding carboxylic acids is 1. The molecule has 1 saturated heterocycles. The maximum absolute atomic E-state index is 11.8. The maximum atomic E-state index is 11.8. The molecule has 1 aromatic rings. The van der Waals surface area contributed by atoms with E-state index in [1.54, 1.807) is 0 Å². The molecular weight excluding hydrogens is 349 g/mol. The van der Waals surface area contributed by atoms with Gasteiger partial charge in [-0.15, -0.1) is 24.8 Å². The Morgan fingerprint density at radius 1 is 1.29 bits per heavy atom. The normalized spacial score (nSPS) is 15.2. The van der Waals surface area contributed by atoms with Crippen molar-refractivity contribution in [1.29, 1.82) is 0 Å². The number of likely N-dealkylation sites (tertiary alicyclic amines) is 1. The third kappa shape index (κ3) is 7.81. The van der Waals surface area contributed by atoms with E-state index in [0.717, 1.165) is 38.2 Å². The summed E-state index contributed by atoms with van der Waals surface area (Å²) in [7, 11) is 1.84. The van der Waals surface area contributed by atoms with Crippen LogP contribution in [0, 0.1) is 5.92 Å². The molecule has 138 valence electrons. The second-order valence-electron chi connectivity index (χ2n) is 6.00. The fraction of sp³-hybridized carbons (Fsp3) is 0.588. The fourth-order valence-electron chi connectivity index (χ4n) is 2.79. The Kier molecular flexibility index (Phi) is 12.1. The van der Waals surface area contributed by atoms with Gasteiger partial charge < -0.3 is 15.7 Å². The molecule has 0 aromatic heterocycles. The minimum absolute atomic E-state index is 0. The van der Waals surface area contributed by atoms with Gasteiger partial charge in [0.25, 0.3) is 0 Å². The van der Waals surface area contributed by atoms with Gasteiger partial charge in [-0.3, -0.25) is 9.69 Å². The Labute approximate surface area is 157 Å². The summed E-state index contributed by atoms with van der Waals surface area (Å²) in [5.41, 5.74) is 2.08. The highest BCUT2D eigenvalue weighted by atomic mass is 35.5. The van der Waals surface area contributed by atoms with Crippen molar-refractivity contribution in [3.05, 3.63) is 29.8 Å². The zero-order chi connectivity index (χ0) is 15.8. The summed E-state index contributed by atoms with van der Waals surface area (Å²) in [5.74, 6) is 0.504. The lowest BCUT2D eigenvalue weighted by molar-refractivity contribution is -0.116. The highest BCUT2D eigenvalue weighted by Crippen LogP contribution is 2.19. The Morgan fingerprint density at radius 3 is 2.62 bits per heavy atom. The SMILES string of the molecule is CNCCC(=O)Nc1cccc(CN2CCC(CO)CC2)c1.Cl.Cl. The molecule has 1 amide bonds. The topological polar surface area (TPSA) is 64.6 Å². The number of benzene rings is 1. The molecule has 0 spiro atoms. The largest absolute Gasteiger partial charge is 0.396 e. The van der Waals surface area contributed by atoms with Crippen LogP contribution >= 0.6 is 24.8 Å². The summed E-state index contributed by atoms with van der Waals surface area (Å²) < 4.78 is 0. The number of piperidine rings is 1. The molecule has 2 rings (SSSR count). The number of rotatable bonds is 7. The Morgan fingerprint density at radius 2 is 2.00 bits per heavy atom. The Bertz CT molecular complexity index is 481. The lowest BCUT2D eigenvalue weighted by Gasteiger charge is -2.31. The lowest BCUT2D eigenvalue weighted by atomic mass is 9.97. The molecule has 0 bridgehead atoms. The summed E-state index contributed by atoms with van der Waals surface area (Å²) in [6, 6.07) is 8.07. The van der Waals surface area contributed by atoms with Crippen LogP contribution in [0.4, 0.5) is 5.69 Å². The number of amides is 1. The number of hydrogen-bond donors (Lipinski definition) is 3. The van der Waals surface area contributed by atoms with Crippen molar-refractivity contribution in [3.8, 4) is 0 Å². The smallest absolute Gasteiger partial charge is 0.225 e. The molecule has 0 unspecified atom stereocenters. The molecular formula is C17H29Cl2N3O2. The van der Waals surface area contributed by atoms with Gasteiger partial charge in [-0.2, -0.15) is 0 Å². The molecule has 0 radical (unpaired) electrons. The third-order valence-electron chi connectivity index (χ3n) is 4.18. The summed E-state index contributed by atoms with van der Waals surface area (Å²) in [6.45, 7) is 3.96. The molecule has 7 heteroatoms. The predicted octanol–water partition coefficient (Wildman–Crippen LogP) is 2.28. The molecule has 1 aliphatic rings. The van der Waals surface area contributed by atoms with E-state index in [1.807, 2.05) is 19.2 Å². The molecule has 1 aromatic carbocycles. The van der Waals surface area contributed by atoms with Crippen LogP contribution in [0.15, 0.2) is 24.3 Å². The van der Waals surface area contributed by atoms with E-state index in [2.05, 4.69) is 27.7 Å². The van der Waals surface area contributed by atoms with Crippen molar-refractivity contribution < 1.29 is 9.90 Å². The minimum Gasteiger partial charge on any atom is -0.396 e. The average Bonchev–Trinajstić information content (AvgIpc) is 2.54. The van der Waals surface area contributed by atoms with Crippen LogP contribution in [0.3, 0.4) is 0 Å². The molecule has 1 aliphatic heterocycles. The van der Waals surface area contributed by atoms with Crippen molar-refractivity contribution in [3.63, 3.8) is 0 Å². The van der Waals surface area contributed by atoms with Gasteiger partial charge in [0, 0.05) is 31.8 Å². The van der Waals surface area contributed by atoms with E-state index in [4.69, 9.17) is 0 Å². The van der Waals surface area contributed by atoms with Crippen LogP contribution in [0.25, 0.3) is 0 Å². The molecule has 1 heterocycles. The van der Waals surface area contributed by atoms with E-state index in [9.17, 15) is 9.90 Å². The first-order valence-electron chi connectivity index (χ1n) is 8.08. The summed E-state index contributed by atoms with van der Waals surface area (Å²) in [5, 5.41) is 15.1. The van der Waals surface area contributed by atoms with Gasteiger partial charge in [0.15, 0.2) is 0 Å². The van der Waals surface area contributed by atoms with Gasteiger partial charge in [0.05, 0.1) is 0 Å². The summed E-state index contributed by atoms with van der Waals surface area (Å²) in [4.78, 5) is 14.2. The highest BCUT2D eigenvalue weighted by molar-refractivity contribution is 5.90. The van der Waals surface area contributed by atoms with E-state index in [0.29, 0.717) is 25.5 Å². The van der Waals surface area contributed by atoms with E-state index in [1.165, 1.54) is 5.56 Å². The lowest BCUT2D eigenvalue weighted by Crippen LogP contribution is -2.34. The van der Waals surface area contributed by atoms with Gasteiger partial charge in [-0.05, 0) is 56.6 Å². The van der Waals surface area contributed by atoms with E-state index < -0.39 is 0 Å². The van der Waals surface area contributed by atoms with Gasteiger partial charge in [0.1, 0.15) is 0 Å². The van der Waals surface area contributed by atoms with Crippen molar-refractivity contribution >= 4 is 36.4 Å². The first kappa shape index (κ1) is 23.1. The monoisotopic (exact) mass is 377 g/mol. The number of aliphatic hydroxyl groups is 1. The quantitative estimate of drug-likeness (QED) is 0.681. The number of anilines is 1. The molecule has 0 atom stereocenters. The van der Waals surface area contributed by atoms with Crippen molar-refractivity contribution in [2.24, 2.45) is 5.92 Å². The molecule has 0 aliphatic carbocycles. The minimum atomic E-state index is 0. The van der Waals surface area contributed by atoms with Crippen molar-refractivity contribution in [2.75, 3.05) is 38.6 Å². The zero-order valence-corrected chi connectivity index (χ0v) is 15.8. The van der Waals surface area contributed by atoms with Crippen LogP contribution in [0.2, 0.25) is 0 Å². The van der Waals surface area contributed by atoms with Crippen LogP contribution in [0.5, 0.6) is 0 Å². The maximum Gasteiger partial charge on any atom is 0.225 e. The van der Waals surface area contributed by atoms with Crippen LogP contribution < -0.4 is 10.6 Å². The highest BCUT2D eigenvalue weighted by Gasteiger charge is 2.18. The van der Waals surface area contributed by atoms with Crippen LogP contribution in [0.1, 0.15) is 24.8 Å². The number of halogens is 2. The molecule has 0 saturated carbocycles. The first-order valence-corrected chi connectivity index (χ1v) is 8.08. The molecule has 3 N–H and O–H groups in total. The fourth-order valence-corrected chi connectivity index (χ4v) is 2.79. The first-order chi connectivity index (χ1) is 10.7. The number of aliphatic hydroxyl groups excluding tert-OH is 1. The predicted molar refractivity (Wildman–Crippen MR) is 103 cm³/mol.